The Kier molecular flexibility index (Phi) is 8.01. The standard InChI is InChI=1S/C25H35F3N4O2/c26-25(27,28)23(33)29-14-17-31-21-10-6-7-11-22(21)32(24(31)34)20-12-15-30(16-13-20)18-19-8-4-2-1-3-5-9-19/h6-7,10-11,19-20H,1-5,8-9,12-18H2,(H,29,33). The van der Waals surface area contributed by atoms with Gasteiger partial charge in [0, 0.05) is 38.8 Å². The van der Waals surface area contributed by atoms with E-state index >= 15 is 0 Å². The molecular formula is C25H35F3N4O2. The summed E-state index contributed by atoms with van der Waals surface area (Å²) < 4.78 is 40.7. The van der Waals surface area contributed by atoms with E-state index in [0.29, 0.717) is 5.52 Å². The fourth-order valence-electron chi connectivity index (χ4n) is 5.63. The van der Waals surface area contributed by atoms with E-state index in [-0.39, 0.29) is 24.8 Å². The van der Waals surface area contributed by atoms with Crippen LogP contribution in [-0.4, -0.2) is 52.3 Å². The second-order valence-electron chi connectivity index (χ2n) is 9.79. The predicted molar refractivity (Wildman–Crippen MR) is 126 cm³/mol. The van der Waals surface area contributed by atoms with Crippen molar-refractivity contribution in [3.05, 3.63) is 34.7 Å². The quantitative estimate of drug-likeness (QED) is 0.663. The average Bonchev–Trinajstić information content (AvgIpc) is 3.07. The molecule has 1 aromatic carbocycles. The Hall–Kier alpha value is -2.29. The number of aromatic nitrogens is 2. The largest absolute Gasteiger partial charge is 0.471 e. The molecule has 6 nitrogen and oxygen atoms in total. The summed E-state index contributed by atoms with van der Waals surface area (Å²) in [4.78, 5) is 27.0. The highest BCUT2D eigenvalue weighted by Crippen LogP contribution is 2.28. The van der Waals surface area contributed by atoms with Gasteiger partial charge in [-0.1, -0.05) is 44.2 Å². The smallest absolute Gasteiger partial charge is 0.346 e. The number of imidazole rings is 1. The minimum absolute atomic E-state index is 0.00527. The summed E-state index contributed by atoms with van der Waals surface area (Å²) in [6.07, 6.45) is 6.21. The molecule has 0 atom stereocenters. The van der Waals surface area contributed by atoms with Gasteiger partial charge < -0.3 is 10.2 Å². The number of amides is 1. The van der Waals surface area contributed by atoms with Crippen LogP contribution in [0.5, 0.6) is 0 Å². The lowest BCUT2D eigenvalue weighted by Gasteiger charge is -2.35. The highest BCUT2D eigenvalue weighted by atomic mass is 19.4. The molecule has 1 aromatic heterocycles. The monoisotopic (exact) mass is 480 g/mol. The number of benzene rings is 1. The molecule has 9 heteroatoms. The van der Waals surface area contributed by atoms with E-state index in [1.807, 2.05) is 34.1 Å². The first-order valence-corrected chi connectivity index (χ1v) is 12.6. The van der Waals surface area contributed by atoms with Crippen molar-refractivity contribution in [3.8, 4) is 0 Å². The Labute approximate surface area is 198 Å². The van der Waals surface area contributed by atoms with Crippen LogP contribution in [0.1, 0.15) is 63.8 Å². The zero-order chi connectivity index (χ0) is 24.1. The molecule has 1 N–H and O–H groups in total. The molecule has 0 radical (unpaired) electrons. The van der Waals surface area contributed by atoms with Crippen molar-refractivity contribution in [1.29, 1.82) is 0 Å². The van der Waals surface area contributed by atoms with Crippen molar-refractivity contribution in [2.45, 2.75) is 76.6 Å². The van der Waals surface area contributed by atoms with Crippen molar-refractivity contribution in [2.75, 3.05) is 26.2 Å². The Morgan fingerprint density at radius 1 is 0.941 bits per heavy atom. The van der Waals surface area contributed by atoms with Gasteiger partial charge in [0.1, 0.15) is 0 Å². The molecule has 1 aliphatic heterocycles. The molecule has 2 aromatic rings. The lowest BCUT2D eigenvalue weighted by Crippen LogP contribution is -2.41. The molecule has 0 bridgehead atoms. The first-order chi connectivity index (χ1) is 16.3. The highest BCUT2D eigenvalue weighted by molar-refractivity contribution is 5.81. The Bertz CT molecular complexity index is 1010. The van der Waals surface area contributed by atoms with Crippen LogP contribution in [0, 0.1) is 5.92 Å². The van der Waals surface area contributed by atoms with Crippen LogP contribution >= 0.6 is 0 Å². The van der Waals surface area contributed by atoms with E-state index in [9.17, 15) is 22.8 Å². The number of hydrogen-bond donors (Lipinski definition) is 1. The van der Waals surface area contributed by atoms with E-state index in [2.05, 4.69) is 4.90 Å². The topological polar surface area (TPSA) is 59.3 Å². The number of nitrogens with one attached hydrogen (secondary N) is 1. The van der Waals surface area contributed by atoms with E-state index in [0.717, 1.165) is 43.9 Å². The number of piperidine rings is 1. The minimum atomic E-state index is -4.93. The Morgan fingerprint density at radius 3 is 2.21 bits per heavy atom. The first kappa shape index (κ1) is 24.8. The summed E-state index contributed by atoms with van der Waals surface area (Å²) in [5, 5.41) is 1.87. The maximum atomic E-state index is 13.3. The fourth-order valence-corrected chi connectivity index (χ4v) is 5.63. The maximum absolute atomic E-state index is 13.3. The molecule has 34 heavy (non-hydrogen) atoms. The molecular weight excluding hydrogens is 445 g/mol. The van der Waals surface area contributed by atoms with Crippen molar-refractivity contribution in [2.24, 2.45) is 5.92 Å². The molecule has 0 unspecified atom stereocenters. The maximum Gasteiger partial charge on any atom is 0.471 e. The number of alkyl halides is 3. The Balaban J connectivity index is 1.42. The van der Waals surface area contributed by atoms with Crippen LogP contribution in [0.4, 0.5) is 13.2 Å². The number of carbonyl (C=O) groups is 1. The zero-order valence-electron chi connectivity index (χ0n) is 19.7. The number of fused-ring (bicyclic) bond motifs is 1. The summed E-state index contributed by atoms with van der Waals surface area (Å²) in [5.41, 5.74) is 1.26. The van der Waals surface area contributed by atoms with E-state index < -0.39 is 12.1 Å². The molecule has 2 fully saturated rings. The molecule has 2 aliphatic rings. The average molecular weight is 481 g/mol. The summed E-state index contributed by atoms with van der Waals surface area (Å²) in [7, 11) is 0. The van der Waals surface area contributed by atoms with Crippen LogP contribution in [0.2, 0.25) is 0 Å². The SMILES string of the molecule is O=C(NCCn1c(=O)n(C2CCN(CC3CCCCCCC3)CC2)c2ccccc21)C(F)(F)F. The molecule has 1 aliphatic carbocycles. The van der Waals surface area contributed by atoms with Crippen molar-refractivity contribution in [1.82, 2.24) is 19.4 Å². The molecule has 188 valence electrons. The third-order valence-corrected chi connectivity index (χ3v) is 7.41. The van der Waals surface area contributed by atoms with E-state index in [1.165, 1.54) is 49.5 Å². The minimum Gasteiger partial charge on any atom is -0.346 e. The molecule has 2 heterocycles. The second kappa shape index (κ2) is 11.0. The van der Waals surface area contributed by atoms with E-state index in [4.69, 9.17) is 0 Å². The molecule has 1 amide bonds. The van der Waals surface area contributed by atoms with Crippen molar-refractivity contribution < 1.29 is 18.0 Å². The van der Waals surface area contributed by atoms with Gasteiger partial charge in [-0.2, -0.15) is 13.2 Å². The number of hydrogen-bond acceptors (Lipinski definition) is 3. The van der Waals surface area contributed by atoms with Crippen LogP contribution in [0.15, 0.2) is 29.1 Å². The summed E-state index contributed by atoms with van der Waals surface area (Å²) >= 11 is 0. The van der Waals surface area contributed by atoms with Gasteiger partial charge in [-0.3, -0.25) is 13.9 Å². The van der Waals surface area contributed by atoms with Crippen LogP contribution in [-0.2, 0) is 11.3 Å². The fraction of sp³-hybridized carbons (Fsp3) is 0.680. The molecule has 1 saturated heterocycles. The van der Waals surface area contributed by atoms with Gasteiger partial charge in [0.05, 0.1) is 11.0 Å². The molecule has 1 saturated carbocycles. The normalized spacial score (nSPS) is 19.7. The number of carbonyl (C=O) groups excluding carboxylic acids is 1. The van der Waals surface area contributed by atoms with Crippen LogP contribution < -0.4 is 11.0 Å². The number of nitrogens with zero attached hydrogens (tertiary/aromatic N) is 3. The van der Waals surface area contributed by atoms with Gasteiger partial charge in [0.15, 0.2) is 0 Å². The van der Waals surface area contributed by atoms with Gasteiger partial charge in [-0.05, 0) is 43.7 Å². The zero-order valence-corrected chi connectivity index (χ0v) is 19.7. The predicted octanol–water partition coefficient (Wildman–Crippen LogP) is 4.48. The lowest BCUT2D eigenvalue weighted by atomic mass is 9.90. The third kappa shape index (κ3) is 5.85. The van der Waals surface area contributed by atoms with Gasteiger partial charge in [0.25, 0.3) is 0 Å². The van der Waals surface area contributed by atoms with E-state index in [1.54, 1.807) is 0 Å². The number of halogens is 3. The van der Waals surface area contributed by atoms with Crippen LogP contribution in [0.25, 0.3) is 11.0 Å². The van der Waals surface area contributed by atoms with Gasteiger partial charge >= 0.3 is 17.8 Å². The van der Waals surface area contributed by atoms with Gasteiger partial charge in [-0.15, -0.1) is 0 Å². The van der Waals surface area contributed by atoms with Crippen molar-refractivity contribution in [3.63, 3.8) is 0 Å². The molecule has 4 rings (SSSR count). The summed E-state index contributed by atoms with van der Waals surface area (Å²) in [6.45, 7) is 2.78. The van der Waals surface area contributed by atoms with Crippen molar-refractivity contribution >= 4 is 16.9 Å². The second-order valence-corrected chi connectivity index (χ2v) is 9.79. The highest BCUT2D eigenvalue weighted by Gasteiger charge is 2.38. The number of para-hydroxylation sites is 2. The van der Waals surface area contributed by atoms with Gasteiger partial charge in [0.2, 0.25) is 0 Å². The first-order valence-electron chi connectivity index (χ1n) is 12.6. The Morgan fingerprint density at radius 2 is 1.56 bits per heavy atom. The summed E-state index contributed by atoms with van der Waals surface area (Å²) in [6, 6.07) is 7.45. The molecule has 0 spiro atoms. The van der Waals surface area contributed by atoms with Crippen LogP contribution in [0.3, 0.4) is 0 Å². The van der Waals surface area contributed by atoms with Gasteiger partial charge in [-0.25, -0.2) is 4.79 Å². The third-order valence-electron chi connectivity index (χ3n) is 7.41. The lowest BCUT2D eigenvalue weighted by molar-refractivity contribution is -0.173. The number of likely N-dealkylation sites (tertiary alicyclic amines) is 1. The summed E-state index contributed by atoms with van der Waals surface area (Å²) in [5.74, 6) is -1.21. The number of rotatable bonds is 6.